The summed E-state index contributed by atoms with van der Waals surface area (Å²) in [4.78, 5) is 24.3. The molecule has 32 heavy (non-hydrogen) atoms. The molecular weight excluding hydrogens is 432 g/mol. The topological polar surface area (TPSA) is 90.1 Å². The molecule has 3 aromatic rings. The van der Waals surface area contributed by atoms with E-state index >= 15 is 0 Å². The van der Waals surface area contributed by atoms with E-state index in [0.29, 0.717) is 40.0 Å². The van der Waals surface area contributed by atoms with Gasteiger partial charge in [-0.3, -0.25) is 4.79 Å². The van der Waals surface area contributed by atoms with Gasteiger partial charge in [-0.1, -0.05) is 18.5 Å². The van der Waals surface area contributed by atoms with Crippen LogP contribution in [0.25, 0.3) is 11.3 Å². The van der Waals surface area contributed by atoms with Crippen LogP contribution in [0.4, 0.5) is 0 Å². The van der Waals surface area contributed by atoms with Crippen LogP contribution in [0.2, 0.25) is 5.02 Å². The summed E-state index contributed by atoms with van der Waals surface area (Å²) in [5.74, 6) is 0.800. The number of ether oxygens (including phenoxy) is 2. The summed E-state index contributed by atoms with van der Waals surface area (Å²) >= 11 is 6.10. The lowest BCUT2D eigenvalue weighted by Crippen LogP contribution is -2.17. The van der Waals surface area contributed by atoms with Crippen LogP contribution in [0.5, 0.6) is 5.75 Å². The fourth-order valence-corrected chi connectivity index (χ4v) is 2.96. The van der Waals surface area contributed by atoms with E-state index in [1.807, 2.05) is 6.92 Å². The monoisotopic (exact) mass is 454 g/mol. The number of carbonyl (C=O) groups excluding carboxylic acids is 2. The van der Waals surface area contributed by atoms with E-state index in [1.54, 1.807) is 61.5 Å². The van der Waals surface area contributed by atoms with Gasteiger partial charge < -0.3 is 13.9 Å². The summed E-state index contributed by atoms with van der Waals surface area (Å²) < 4.78 is 16.3. The fourth-order valence-electron chi connectivity index (χ4n) is 2.76. The van der Waals surface area contributed by atoms with Crippen LogP contribution in [0.15, 0.2) is 64.1 Å². The van der Waals surface area contributed by atoms with E-state index in [-0.39, 0.29) is 18.1 Å². The first-order valence-corrected chi connectivity index (χ1v) is 10.5. The molecule has 0 aliphatic carbocycles. The molecule has 0 saturated heterocycles. The molecule has 0 bridgehead atoms. The molecule has 0 unspecified atom stereocenters. The quantitative estimate of drug-likeness (QED) is 0.268. The Kier molecular flexibility index (Phi) is 8.05. The highest BCUT2D eigenvalue weighted by Crippen LogP contribution is 2.27. The minimum Gasteiger partial charge on any atom is -0.494 e. The molecule has 1 amide bonds. The van der Waals surface area contributed by atoms with Gasteiger partial charge in [-0.25, -0.2) is 10.2 Å². The van der Waals surface area contributed by atoms with Gasteiger partial charge in [0, 0.05) is 11.1 Å². The second kappa shape index (κ2) is 11.2. The molecule has 0 spiro atoms. The lowest BCUT2D eigenvalue weighted by molar-refractivity contribution is 0.0526. The van der Waals surface area contributed by atoms with Crippen LogP contribution in [0.1, 0.15) is 46.7 Å². The maximum absolute atomic E-state index is 12.2. The number of hydrogen-bond donors (Lipinski definition) is 1. The van der Waals surface area contributed by atoms with Crippen LogP contribution in [-0.2, 0) is 4.74 Å². The normalized spacial score (nSPS) is 10.8. The highest BCUT2D eigenvalue weighted by atomic mass is 35.5. The predicted molar refractivity (Wildman–Crippen MR) is 122 cm³/mol. The van der Waals surface area contributed by atoms with Crippen molar-refractivity contribution >= 4 is 29.7 Å². The van der Waals surface area contributed by atoms with Gasteiger partial charge in [0.2, 0.25) is 0 Å². The molecule has 1 N–H and O–H groups in total. The Morgan fingerprint density at radius 1 is 1.09 bits per heavy atom. The molecule has 0 fully saturated rings. The van der Waals surface area contributed by atoms with Crippen molar-refractivity contribution in [3.8, 4) is 17.1 Å². The number of halogens is 1. The molecule has 2 aromatic carbocycles. The van der Waals surface area contributed by atoms with Crippen molar-refractivity contribution < 1.29 is 23.5 Å². The van der Waals surface area contributed by atoms with Gasteiger partial charge in [-0.15, -0.1) is 0 Å². The number of benzene rings is 2. The molecule has 1 aromatic heterocycles. The number of esters is 1. The minimum atomic E-state index is -0.500. The minimum absolute atomic E-state index is 0.253. The lowest BCUT2D eigenvalue weighted by Gasteiger charge is -2.06. The van der Waals surface area contributed by atoms with Crippen molar-refractivity contribution in [3.05, 3.63) is 76.5 Å². The number of rotatable bonds is 9. The Labute approximate surface area is 191 Å². The number of hydrogen-bond acceptors (Lipinski definition) is 6. The Hall–Kier alpha value is -3.58. The highest BCUT2D eigenvalue weighted by molar-refractivity contribution is 6.33. The first-order chi connectivity index (χ1) is 15.5. The zero-order valence-corrected chi connectivity index (χ0v) is 18.5. The average molecular weight is 455 g/mol. The zero-order chi connectivity index (χ0) is 22.9. The van der Waals surface area contributed by atoms with E-state index in [4.69, 9.17) is 25.5 Å². The van der Waals surface area contributed by atoms with Crippen LogP contribution in [-0.4, -0.2) is 31.3 Å². The Morgan fingerprint density at radius 2 is 1.88 bits per heavy atom. The molecule has 166 valence electrons. The number of amides is 1. The first kappa shape index (κ1) is 23.1. The van der Waals surface area contributed by atoms with Crippen LogP contribution in [0, 0.1) is 0 Å². The van der Waals surface area contributed by atoms with Crippen LogP contribution >= 0.6 is 11.6 Å². The maximum Gasteiger partial charge on any atom is 0.339 e. The lowest BCUT2D eigenvalue weighted by atomic mass is 10.1. The number of furan rings is 1. The van der Waals surface area contributed by atoms with E-state index in [0.717, 1.165) is 6.42 Å². The SMILES string of the molecule is CCCOc1ccc(C(=O)N/N=C\c2ccc(-c3ccc(Cl)c(C(=O)OCC)c3)o2)cc1. The average Bonchev–Trinajstić information content (AvgIpc) is 3.27. The van der Waals surface area contributed by atoms with Crippen molar-refractivity contribution in [1.29, 1.82) is 0 Å². The molecular formula is C24H23ClN2O5. The van der Waals surface area contributed by atoms with E-state index in [2.05, 4.69) is 10.5 Å². The third kappa shape index (κ3) is 5.98. The number of nitrogens with zero attached hydrogens (tertiary/aromatic N) is 1. The van der Waals surface area contributed by atoms with Gasteiger partial charge in [0.15, 0.2) is 0 Å². The second-order valence-corrected chi connectivity index (χ2v) is 7.10. The molecule has 0 aliphatic heterocycles. The fraction of sp³-hybridized carbons (Fsp3) is 0.208. The number of carbonyl (C=O) groups is 2. The molecule has 3 rings (SSSR count). The molecule has 7 nitrogen and oxygen atoms in total. The van der Waals surface area contributed by atoms with Crippen LogP contribution < -0.4 is 10.2 Å². The summed E-state index contributed by atoms with van der Waals surface area (Å²) in [5.41, 5.74) is 3.83. The van der Waals surface area contributed by atoms with Gasteiger partial charge in [0.1, 0.15) is 17.3 Å². The molecule has 0 aliphatic rings. The highest BCUT2D eigenvalue weighted by Gasteiger charge is 2.14. The molecule has 0 atom stereocenters. The number of hydrazone groups is 1. The van der Waals surface area contributed by atoms with Crippen molar-refractivity contribution in [2.24, 2.45) is 5.10 Å². The van der Waals surface area contributed by atoms with Gasteiger partial charge in [0.25, 0.3) is 5.91 Å². The molecule has 0 radical (unpaired) electrons. The van der Waals surface area contributed by atoms with Gasteiger partial charge in [-0.2, -0.15) is 5.10 Å². The van der Waals surface area contributed by atoms with E-state index in [9.17, 15) is 9.59 Å². The number of nitrogens with one attached hydrogen (secondary N) is 1. The summed E-state index contributed by atoms with van der Waals surface area (Å²) in [6.07, 6.45) is 2.30. The molecule has 1 heterocycles. The maximum atomic E-state index is 12.2. The summed E-state index contributed by atoms with van der Waals surface area (Å²) in [6.45, 7) is 4.63. The predicted octanol–water partition coefficient (Wildman–Crippen LogP) is 5.33. The molecule has 0 saturated carbocycles. The summed E-state index contributed by atoms with van der Waals surface area (Å²) in [7, 11) is 0. The molecule has 8 heteroatoms. The third-order valence-electron chi connectivity index (χ3n) is 4.32. The van der Waals surface area contributed by atoms with Crippen molar-refractivity contribution in [3.63, 3.8) is 0 Å². The third-order valence-corrected chi connectivity index (χ3v) is 4.65. The van der Waals surface area contributed by atoms with E-state index in [1.165, 1.54) is 6.21 Å². The van der Waals surface area contributed by atoms with Crippen LogP contribution in [0.3, 0.4) is 0 Å². The second-order valence-electron chi connectivity index (χ2n) is 6.69. The van der Waals surface area contributed by atoms with Gasteiger partial charge in [-0.05, 0) is 67.9 Å². The van der Waals surface area contributed by atoms with Gasteiger partial charge >= 0.3 is 5.97 Å². The Bertz CT molecular complexity index is 1110. The first-order valence-electron chi connectivity index (χ1n) is 10.1. The Morgan fingerprint density at radius 3 is 2.59 bits per heavy atom. The smallest absolute Gasteiger partial charge is 0.339 e. The van der Waals surface area contributed by atoms with Gasteiger partial charge in [0.05, 0.1) is 30.0 Å². The largest absolute Gasteiger partial charge is 0.494 e. The van der Waals surface area contributed by atoms with E-state index < -0.39 is 5.97 Å². The zero-order valence-electron chi connectivity index (χ0n) is 17.8. The summed E-state index contributed by atoms with van der Waals surface area (Å²) in [6, 6.07) is 15.2. The van der Waals surface area contributed by atoms with Crippen molar-refractivity contribution in [1.82, 2.24) is 5.43 Å². The Balaban J connectivity index is 1.63. The van der Waals surface area contributed by atoms with Crippen molar-refractivity contribution in [2.75, 3.05) is 13.2 Å². The summed E-state index contributed by atoms with van der Waals surface area (Å²) in [5, 5.41) is 4.24. The van der Waals surface area contributed by atoms with Crippen molar-refractivity contribution in [2.45, 2.75) is 20.3 Å². The standard InChI is InChI=1S/C24H23ClN2O5/c1-3-13-31-18-8-5-16(6-9-18)23(28)27-26-15-19-10-12-22(32-19)17-7-11-21(25)20(14-17)24(29)30-4-2/h5-12,14-15H,3-4,13H2,1-2H3,(H,27,28)/b26-15-.